The van der Waals surface area contributed by atoms with Crippen LogP contribution in [0.15, 0.2) is 46.9 Å². The van der Waals surface area contributed by atoms with Gasteiger partial charge in [0.25, 0.3) is 0 Å². The Labute approximate surface area is 135 Å². The monoisotopic (exact) mass is 364 g/mol. The average Bonchev–Trinajstić information content (AvgIpc) is 2.52. The van der Waals surface area contributed by atoms with Crippen molar-refractivity contribution in [2.24, 2.45) is 0 Å². The Morgan fingerprint density at radius 2 is 1.91 bits per heavy atom. The van der Waals surface area contributed by atoms with Crippen LogP contribution in [0.4, 0.5) is 0 Å². The van der Waals surface area contributed by atoms with Gasteiger partial charge in [-0.3, -0.25) is 4.79 Å². The van der Waals surface area contributed by atoms with E-state index < -0.39 is 12.6 Å². The summed E-state index contributed by atoms with van der Waals surface area (Å²) in [6.07, 6.45) is 0. The highest BCUT2D eigenvalue weighted by Gasteiger charge is 2.15. The molecule has 0 aromatic heterocycles. The zero-order valence-electron chi connectivity index (χ0n) is 11.7. The van der Waals surface area contributed by atoms with E-state index in [1.165, 1.54) is 19.2 Å². The number of hydrogen-bond acceptors (Lipinski definition) is 5. The molecule has 114 valence electrons. The number of halogens is 1. The van der Waals surface area contributed by atoms with Gasteiger partial charge in [0.1, 0.15) is 17.1 Å². The number of ketones is 1. The highest BCUT2D eigenvalue weighted by atomic mass is 79.9. The summed E-state index contributed by atoms with van der Waals surface area (Å²) in [5, 5.41) is 9.55. The minimum Gasteiger partial charge on any atom is -0.507 e. The second-order valence-corrected chi connectivity index (χ2v) is 5.22. The highest BCUT2D eigenvalue weighted by molar-refractivity contribution is 9.10. The maximum Gasteiger partial charge on any atom is 0.342 e. The number of Topliss-reactive ketones (excluding diaryl/α,β-unsaturated/α-hetero) is 1. The van der Waals surface area contributed by atoms with E-state index in [-0.39, 0.29) is 17.1 Å². The molecule has 2 rings (SSSR count). The molecule has 0 aliphatic rings. The van der Waals surface area contributed by atoms with Crippen LogP contribution >= 0.6 is 15.9 Å². The third-order valence-electron chi connectivity index (χ3n) is 2.93. The Morgan fingerprint density at radius 1 is 1.18 bits per heavy atom. The van der Waals surface area contributed by atoms with E-state index in [1.807, 2.05) is 0 Å². The predicted molar refractivity (Wildman–Crippen MR) is 83.4 cm³/mol. The number of rotatable bonds is 5. The van der Waals surface area contributed by atoms with Crippen molar-refractivity contribution in [3.8, 4) is 11.5 Å². The lowest BCUT2D eigenvalue weighted by atomic mass is 10.1. The van der Waals surface area contributed by atoms with Gasteiger partial charge in [-0.2, -0.15) is 0 Å². The number of benzene rings is 2. The molecule has 0 bridgehead atoms. The average molecular weight is 365 g/mol. The number of esters is 1. The first-order chi connectivity index (χ1) is 10.5. The molecule has 2 aromatic rings. The number of ether oxygens (including phenoxy) is 2. The molecular weight excluding hydrogens is 352 g/mol. The summed E-state index contributed by atoms with van der Waals surface area (Å²) in [7, 11) is 1.52. The standard InChI is InChI=1S/C16H13BrO5/c1-21-15-7-6-10(8-12(15)17)14(19)9-22-16(20)11-4-2-3-5-13(11)18/h2-8,18H,9H2,1H3. The van der Waals surface area contributed by atoms with E-state index in [9.17, 15) is 14.7 Å². The normalized spacial score (nSPS) is 10.1. The van der Waals surface area contributed by atoms with Crippen molar-refractivity contribution in [3.63, 3.8) is 0 Å². The van der Waals surface area contributed by atoms with Gasteiger partial charge in [0, 0.05) is 5.56 Å². The van der Waals surface area contributed by atoms with Crippen LogP contribution in [0.25, 0.3) is 0 Å². The van der Waals surface area contributed by atoms with Crippen LogP contribution in [0, 0.1) is 0 Å². The molecule has 0 fully saturated rings. The zero-order chi connectivity index (χ0) is 16.1. The van der Waals surface area contributed by atoms with Crippen LogP contribution < -0.4 is 4.74 Å². The molecule has 1 N–H and O–H groups in total. The van der Waals surface area contributed by atoms with Gasteiger partial charge >= 0.3 is 5.97 Å². The quantitative estimate of drug-likeness (QED) is 0.651. The van der Waals surface area contributed by atoms with Crippen LogP contribution in [0.2, 0.25) is 0 Å². The van der Waals surface area contributed by atoms with E-state index in [0.29, 0.717) is 15.8 Å². The molecule has 5 nitrogen and oxygen atoms in total. The summed E-state index contributed by atoms with van der Waals surface area (Å²) in [5.74, 6) is -0.693. The molecule has 0 saturated heterocycles. The predicted octanol–water partition coefficient (Wildman–Crippen LogP) is 3.20. The summed E-state index contributed by atoms with van der Waals surface area (Å²) in [4.78, 5) is 23.8. The molecule has 22 heavy (non-hydrogen) atoms. The minimum absolute atomic E-state index is 0.0196. The van der Waals surface area contributed by atoms with E-state index in [4.69, 9.17) is 9.47 Å². The molecule has 0 aliphatic heterocycles. The van der Waals surface area contributed by atoms with Crippen molar-refractivity contribution in [3.05, 3.63) is 58.1 Å². The molecule has 0 spiro atoms. The number of hydrogen-bond donors (Lipinski definition) is 1. The molecule has 2 aromatic carbocycles. The van der Waals surface area contributed by atoms with Gasteiger partial charge in [-0.05, 0) is 46.3 Å². The third-order valence-corrected chi connectivity index (χ3v) is 3.55. The number of phenolic OH excluding ortho intramolecular Hbond substituents is 1. The summed E-state index contributed by atoms with van der Waals surface area (Å²) < 4.78 is 10.6. The van der Waals surface area contributed by atoms with Gasteiger partial charge in [-0.15, -0.1) is 0 Å². The Balaban J connectivity index is 2.02. The smallest absolute Gasteiger partial charge is 0.342 e. The zero-order valence-corrected chi connectivity index (χ0v) is 13.3. The Kier molecular flexibility index (Phi) is 5.16. The fourth-order valence-electron chi connectivity index (χ4n) is 1.78. The van der Waals surface area contributed by atoms with E-state index in [1.54, 1.807) is 30.3 Å². The first kappa shape index (κ1) is 16.0. The number of aromatic hydroxyl groups is 1. The summed E-state index contributed by atoms with van der Waals surface area (Å²) in [6.45, 7) is -0.411. The molecule has 0 aliphatic carbocycles. The fraction of sp³-hybridized carbons (Fsp3) is 0.125. The lowest BCUT2D eigenvalue weighted by Gasteiger charge is -2.07. The van der Waals surface area contributed by atoms with E-state index in [0.717, 1.165) is 0 Å². The Morgan fingerprint density at radius 3 is 2.55 bits per heavy atom. The van der Waals surface area contributed by atoms with Crippen molar-refractivity contribution in [1.82, 2.24) is 0 Å². The number of methoxy groups -OCH3 is 1. The SMILES string of the molecule is COc1ccc(C(=O)COC(=O)c2ccccc2O)cc1Br. The van der Waals surface area contributed by atoms with Gasteiger partial charge < -0.3 is 14.6 Å². The minimum atomic E-state index is -0.751. The topological polar surface area (TPSA) is 72.8 Å². The molecule has 0 unspecified atom stereocenters. The van der Waals surface area contributed by atoms with Crippen molar-refractivity contribution in [2.75, 3.05) is 13.7 Å². The molecule has 0 heterocycles. The second-order valence-electron chi connectivity index (χ2n) is 4.37. The number of carbonyl (C=O) groups is 2. The van der Waals surface area contributed by atoms with Crippen molar-refractivity contribution < 1.29 is 24.2 Å². The van der Waals surface area contributed by atoms with E-state index >= 15 is 0 Å². The van der Waals surface area contributed by atoms with Crippen molar-refractivity contribution in [2.45, 2.75) is 0 Å². The molecule has 0 atom stereocenters. The van der Waals surface area contributed by atoms with Gasteiger partial charge in [-0.1, -0.05) is 12.1 Å². The first-order valence-corrected chi connectivity index (χ1v) is 7.14. The van der Waals surface area contributed by atoms with Crippen LogP contribution in [0.3, 0.4) is 0 Å². The van der Waals surface area contributed by atoms with Gasteiger partial charge in [0.15, 0.2) is 12.4 Å². The Bertz CT molecular complexity index is 711. The molecule has 0 saturated carbocycles. The van der Waals surface area contributed by atoms with Crippen LogP contribution in [0.5, 0.6) is 11.5 Å². The fourth-order valence-corrected chi connectivity index (χ4v) is 2.32. The van der Waals surface area contributed by atoms with Gasteiger partial charge in [-0.25, -0.2) is 4.79 Å². The lowest BCUT2D eigenvalue weighted by molar-refractivity contribution is 0.0472. The highest BCUT2D eigenvalue weighted by Crippen LogP contribution is 2.25. The molecule has 0 radical (unpaired) electrons. The number of carbonyl (C=O) groups excluding carboxylic acids is 2. The Hall–Kier alpha value is -2.34. The molecule has 0 amide bonds. The molecule has 6 heteroatoms. The number of phenols is 1. The van der Waals surface area contributed by atoms with Crippen LogP contribution in [-0.4, -0.2) is 30.6 Å². The van der Waals surface area contributed by atoms with Gasteiger partial charge in [0.05, 0.1) is 11.6 Å². The first-order valence-electron chi connectivity index (χ1n) is 6.34. The van der Waals surface area contributed by atoms with Gasteiger partial charge in [0.2, 0.25) is 0 Å². The second kappa shape index (κ2) is 7.09. The third kappa shape index (κ3) is 3.65. The van der Waals surface area contributed by atoms with Crippen LogP contribution in [-0.2, 0) is 4.74 Å². The molecular formula is C16H13BrO5. The maximum absolute atomic E-state index is 12.0. The van der Waals surface area contributed by atoms with Crippen molar-refractivity contribution in [1.29, 1.82) is 0 Å². The summed E-state index contributed by atoms with van der Waals surface area (Å²) in [6, 6.07) is 10.8. The number of para-hydroxylation sites is 1. The van der Waals surface area contributed by atoms with E-state index in [2.05, 4.69) is 15.9 Å². The summed E-state index contributed by atoms with van der Waals surface area (Å²) >= 11 is 3.28. The van der Waals surface area contributed by atoms with Crippen molar-refractivity contribution >= 4 is 27.7 Å². The largest absolute Gasteiger partial charge is 0.507 e. The maximum atomic E-state index is 12.0. The van der Waals surface area contributed by atoms with Crippen LogP contribution in [0.1, 0.15) is 20.7 Å². The summed E-state index contributed by atoms with van der Waals surface area (Å²) in [5.41, 5.74) is 0.406. The lowest BCUT2D eigenvalue weighted by Crippen LogP contribution is -2.14.